The second-order valence-electron chi connectivity index (χ2n) is 8.50. The minimum atomic E-state index is -0.108. The van der Waals surface area contributed by atoms with Crippen molar-refractivity contribution in [3.63, 3.8) is 0 Å². The van der Waals surface area contributed by atoms with Gasteiger partial charge in [0.05, 0.1) is 35.0 Å². The summed E-state index contributed by atoms with van der Waals surface area (Å²) in [6, 6.07) is 5.95. The van der Waals surface area contributed by atoms with Crippen LogP contribution in [0.4, 0.5) is 17.2 Å². The number of hydrogen-bond acceptors (Lipinski definition) is 7. The third-order valence-electron chi connectivity index (χ3n) is 6.45. The molecule has 4 aromatic heterocycles. The second kappa shape index (κ2) is 7.86. The van der Waals surface area contributed by atoms with E-state index in [-0.39, 0.29) is 5.91 Å². The van der Waals surface area contributed by atoms with Crippen molar-refractivity contribution in [1.29, 1.82) is 0 Å². The highest BCUT2D eigenvalue weighted by Crippen LogP contribution is 2.36. The zero-order chi connectivity index (χ0) is 22.4. The number of aromatic nitrogens is 4. The SMILES string of the molecule is CN1CCN(c2ccc(Nc3cnc(-c4c[nH]c5ccncc45)c4c3C(=O)NC4)nc2)CC1. The summed E-state index contributed by atoms with van der Waals surface area (Å²) in [7, 11) is 2.14. The van der Waals surface area contributed by atoms with Crippen LogP contribution in [0.3, 0.4) is 0 Å². The molecule has 3 N–H and O–H groups in total. The quantitative estimate of drug-likeness (QED) is 0.448. The number of carbonyl (C=O) groups excluding carboxylic acids is 1. The van der Waals surface area contributed by atoms with Crippen LogP contribution >= 0.6 is 0 Å². The number of amides is 1. The van der Waals surface area contributed by atoms with Crippen LogP contribution in [0.5, 0.6) is 0 Å². The van der Waals surface area contributed by atoms with Crippen LogP contribution in [-0.2, 0) is 6.54 Å². The first-order chi connectivity index (χ1) is 16.2. The van der Waals surface area contributed by atoms with Gasteiger partial charge in [-0.05, 0) is 25.2 Å². The van der Waals surface area contributed by atoms with Crippen LogP contribution in [0.1, 0.15) is 15.9 Å². The Kier molecular flexibility index (Phi) is 4.69. The molecule has 6 rings (SSSR count). The van der Waals surface area contributed by atoms with Crippen molar-refractivity contribution in [3.05, 3.63) is 60.3 Å². The Morgan fingerprint density at radius 2 is 1.91 bits per heavy atom. The van der Waals surface area contributed by atoms with Gasteiger partial charge < -0.3 is 25.4 Å². The molecule has 9 heteroatoms. The van der Waals surface area contributed by atoms with E-state index >= 15 is 0 Å². The summed E-state index contributed by atoms with van der Waals surface area (Å²) in [6.07, 6.45) is 9.08. The van der Waals surface area contributed by atoms with E-state index in [9.17, 15) is 4.79 Å². The van der Waals surface area contributed by atoms with Crippen LogP contribution in [0.15, 0.2) is 49.2 Å². The topological polar surface area (TPSA) is 102 Å². The molecule has 0 atom stereocenters. The van der Waals surface area contributed by atoms with Gasteiger partial charge in [0.1, 0.15) is 5.82 Å². The smallest absolute Gasteiger partial charge is 0.254 e. The molecular formula is C24H24N8O. The maximum absolute atomic E-state index is 12.7. The van der Waals surface area contributed by atoms with Crippen molar-refractivity contribution >= 4 is 34.0 Å². The monoisotopic (exact) mass is 440 g/mol. The molecule has 6 heterocycles. The number of aromatic amines is 1. The van der Waals surface area contributed by atoms with E-state index in [0.717, 1.165) is 59.6 Å². The number of nitrogens with zero attached hydrogens (tertiary/aromatic N) is 5. The van der Waals surface area contributed by atoms with Crippen LogP contribution in [0.2, 0.25) is 0 Å². The third-order valence-corrected chi connectivity index (χ3v) is 6.45. The Balaban J connectivity index is 1.31. The highest BCUT2D eigenvalue weighted by molar-refractivity contribution is 6.06. The average molecular weight is 441 g/mol. The van der Waals surface area contributed by atoms with Gasteiger partial charge in [-0.15, -0.1) is 0 Å². The minimum absolute atomic E-state index is 0.108. The summed E-state index contributed by atoms with van der Waals surface area (Å²) in [5.74, 6) is 0.573. The lowest BCUT2D eigenvalue weighted by Crippen LogP contribution is -2.44. The van der Waals surface area contributed by atoms with Gasteiger partial charge in [-0.25, -0.2) is 4.98 Å². The van der Waals surface area contributed by atoms with Crippen molar-refractivity contribution in [3.8, 4) is 11.3 Å². The fourth-order valence-corrected chi connectivity index (χ4v) is 4.58. The Morgan fingerprint density at radius 1 is 1.03 bits per heavy atom. The molecule has 9 nitrogen and oxygen atoms in total. The number of hydrogen-bond donors (Lipinski definition) is 3. The van der Waals surface area contributed by atoms with Crippen molar-refractivity contribution < 1.29 is 4.79 Å². The number of carbonyl (C=O) groups is 1. The predicted octanol–water partition coefficient (Wildman–Crippen LogP) is 2.76. The molecule has 4 aromatic rings. The minimum Gasteiger partial charge on any atom is -0.368 e. The zero-order valence-electron chi connectivity index (χ0n) is 18.3. The molecule has 0 bridgehead atoms. The summed E-state index contributed by atoms with van der Waals surface area (Å²) in [4.78, 5) is 34.2. The Bertz CT molecular complexity index is 1340. The summed E-state index contributed by atoms with van der Waals surface area (Å²) in [6.45, 7) is 4.52. The number of anilines is 3. The molecule has 166 valence electrons. The fraction of sp³-hybridized carbons (Fsp3) is 0.250. The van der Waals surface area contributed by atoms with Crippen LogP contribution in [0, 0.1) is 0 Å². The molecule has 0 aromatic carbocycles. The Labute approximate surface area is 190 Å². The molecule has 33 heavy (non-hydrogen) atoms. The molecule has 1 saturated heterocycles. The Hall–Kier alpha value is -3.98. The molecule has 0 unspecified atom stereocenters. The average Bonchev–Trinajstić information content (AvgIpc) is 3.45. The van der Waals surface area contributed by atoms with E-state index in [1.165, 1.54) is 0 Å². The Morgan fingerprint density at radius 3 is 2.73 bits per heavy atom. The van der Waals surface area contributed by atoms with Crippen molar-refractivity contribution in [2.24, 2.45) is 0 Å². The van der Waals surface area contributed by atoms with Gasteiger partial charge in [0.25, 0.3) is 5.91 Å². The normalized spacial score (nSPS) is 16.2. The summed E-state index contributed by atoms with van der Waals surface area (Å²) < 4.78 is 0. The van der Waals surface area contributed by atoms with E-state index < -0.39 is 0 Å². The lowest BCUT2D eigenvalue weighted by molar-refractivity contribution is 0.0966. The largest absolute Gasteiger partial charge is 0.368 e. The van der Waals surface area contributed by atoms with Gasteiger partial charge in [0.2, 0.25) is 0 Å². The second-order valence-corrected chi connectivity index (χ2v) is 8.50. The lowest BCUT2D eigenvalue weighted by atomic mass is 10.0. The van der Waals surface area contributed by atoms with Crippen molar-refractivity contribution in [2.75, 3.05) is 43.4 Å². The van der Waals surface area contributed by atoms with Crippen molar-refractivity contribution in [2.45, 2.75) is 6.54 Å². The first kappa shape index (κ1) is 19.7. The number of H-pyrrole nitrogens is 1. The lowest BCUT2D eigenvalue weighted by Gasteiger charge is -2.33. The number of piperazine rings is 1. The summed E-state index contributed by atoms with van der Waals surface area (Å²) in [5, 5.41) is 7.22. The van der Waals surface area contributed by atoms with Gasteiger partial charge in [-0.2, -0.15) is 0 Å². The summed E-state index contributed by atoms with van der Waals surface area (Å²) >= 11 is 0. The van der Waals surface area contributed by atoms with Crippen LogP contribution < -0.4 is 15.5 Å². The molecule has 1 fully saturated rings. The third kappa shape index (κ3) is 3.46. The van der Waals surface area contributed by atoms with Crippen molar-refractivity contribution in [1.82, 2.24) is 30.2 Å². The van der Waals surface area contributed by atoms with E-state index in [2.05, 4.69) is 48.5 Å². The maximum Gasteiger partial charge on any atom is 0.254 e. The zero-order valence-corrected chi connectivity index (χ0v) is 18.3. The van der Waals surface area contributed by atoms with Gasteiger partial charge in [0.15, 0.2) is 0 Å². The van der Waals surface area contributed by atoms with E-state index in [1.807, 2.05) is 30.7 Å². The molecule has 0 radical (unpaired) electrons. The summed E-state index contributed by atoms with van der Waals surface area (Å²) in [5.41, 5.74) is 5.96. The van der Waals surface area contributed by atoms with E-state index in [4.69, 9.17) is 4.98 Å². The predicted molar refractivity (Wildman–Crippen MR) is 128 cm³/mol. The van der Waals surface area contributed by atoms with E-state index in [0.29, 0.717) is 23.6 Å². The molecule has 2 aliphatic heterocycles. The van der Waals surface area contributed by atoms with Gasteiger partial charge >= 0.3 is 0 Å². The molecule has 0 spiro atoms. The molecule has 1 amide bonds. The highest BCUT2D eigenvalue weighted by Gasteiger charge is 2.28. The maximum atomic E-state index is 12.7. The standard InChI is InChI=1S/C24H24N8O/c1-31-6-8-32(9-7-31)15-2-3-21(27-10-15)30-20-14-28-23(18-13-29-24(33)22(18)20)17-12-26-19-4-5-25-11-16(17)19/h2-5,10-12,14,26H,6-9,13H2,1H3,(H,27,30)(H,29,33). The van der Waals surface area contributed by atoms with Gasteiger partial charge in [0, 0.05) is 73.3 Å². The first-order valence-electron chi connectivity index (χ1n) is 11.1. The fourth-order valence-electron chi connectivity index (χ4n) is 4.58. The molecule has 2 aliphatic rings. The molecular weight excluding hydrogens is 416 g/mol. The first-order valence-corrected chi connectivity index (χ1v) is 11.1. The highest BCUT2D eigenvalue weighted by atomic mass is 16.1. The van der Waals surface area contributed by atoms with Gasteiger partial charge in [-0.1, -0.05) is 0 Å². The molecule has 0 saturated carbocycles. The van der Waals surface area contributed by atoms with Crippen LogP contribution in [0.25, 0.3) is 22.2 Å². The number of likely N-dealkylation sites (N-methyl/N-ethyl adjacent to an activating group) is 1. The van der Waals surface area contributed by atoms with E-state index in [1.54, 1.807) is 12.4 Å². The number of rotatable bonds is 4. The number of nitrogens with one attached hydrogen (secondary N) is 3. The number of pyridine rings is 3. The molecule has 0 aliphatic carbocycles. The van der Waals surface area contributed by atoms with Crippen LogP contribution in [-0.4, -0.2) is 64.0 Å². The van der Waals surface area contributed by atoms with Gasteiger partial charge in [-0.3, -0.25) is 14.8 Å². The number of fused-ring (bicyclic) bond motifs is 2.